The Kier molecular flexibility index (Phi) is 1.19. The Hall–Kier alpha value is -1.05. The van der Waals surface area contributed by atoms with Crippen LogP contribution >= 0.6 is 0 Å². The Bertz CT molecular complexity index is 273. The van der Waals surface area contributed by atoms with Crippen LogP contribution in [0.4, 0.5) is 0 Å². The van der Waals surface area contributed by atoms with Crippen LogP contribution in [0.2, 0.25) is 0 Å². The van der Waals surface area contributed by atoms with Crippen molar-refractivity contribution in [2.45, 2.75) is 19.3 Å². The number of carbonyl (C=O) groups is 1. The third kappa shape index (κ3) is 0.821. The van der Waals surface area contributed by atoms with Gasteiger partial charge in [0.15, 0.2) is 0 Å². The Balaban J connectivity index is 2.34. The lowest BCUT2D eigenvalue weighted by Crippen LogP contribution is -2.05. The molecule has 1 unspecified atom stereocenters. The lowest BCUT2D eigenvalue weighted by Gasteiger charge is -2.10. The first-order valence-corrected chi connectivity index (χ1v) is 3.80. The van der Waals surface area contributed by atoms with Crippen molar-refractivity contribution in [3.05, 3.63) is 23.3 Å². The van der Waals surface area contributed by atoms with Crippen molar-refractivity contribution in [1.29, 1.82) is 0 Å². The van der Waals surface area contributed by atoms with Crippen molar-refractivity contribution >= 4 is 5.97 Å². The highest BCUT2D eigenvalue weighted by Crippen LogP contribution is 2.46. The molecule has 2 aliphatic carbocycles. The van der Waals surface area contributed by atoms with E-state index in [1.165, 1.54) is 5.57 Å². The summed E-state index contributed by atoms with van der Waals surface area (Å²) in [6, 6.07) is 0. The zero-order chi connectivity index (χ0) is 8.01. The van der Waals surface area contributed by atoms with Crippen molar-refractivity contribution in [3.63, 3.8) is 0 Å². The first-order chi connectivity index (χ1) is 5.18. The predicted molar refractivity (Wildman–Crippen MR) is 41.1 cm³/mol. The van der Waals surface area contributed by atoms with Gasteiger partial charge in [-0.2, -0.15) is 0 Å². The largest absolute Gasteiger partial charge is 0.478 e. The lowest BCUT2D eigenvalue weighted by atomic mass is 9.95. The predicted octanol–water partition coefficient (Wildman–Crippen LogP) is 1.74. The molecule has 11 heavy (non-hydrogen) atoms. The van der Waals surface area contributed by atoms with E-state index in [4.69, 9.17) is 5.11 Å². The zero-order valence-corrected chi connectivity index (χ0v) is 6.26. The fraction of sp³-hybridized carbons (Fsp3) is 0.444. The van der Waals surface area contributed by atoms with Gasteiger partial charge in [-0.25, -0.2) is 4.79 Å². The third-order valence-electron chi connectivity index (χ3n) is 2.65. The number of carboxylic acid groups (broad SMARTS) is 1. The van der Waals surface area contributed by atoms with Crippen LogP contribution in [0.25, 0.3) is 0 Å². The summed E-state index contributed by atoms with van der Waals surface area (Å²) in [7, 11) is 0. The summed E-state index contributed by atoms with van der Waals surface area (Å²) >= 11 is 0. The van der Waals surface area contributed by atoms with Gasteiger partial charge in [-0.3, -0.25) is 0 Å². The lowest BCUT2D eigenvalue weighted by molar-refractivity contribution is -0.132. The molecule has 2 bridgehead atoms. The number of carboxylic acids is 1. The standard InChI is InChI=1S/C9H10O2/c1-5-2-7-3-6(5)4-8(7)9(10)11/h6H,1-4H2,(H,10,11). The fourth-order valence-electron chi connectivity index (χ4n) is 2.01. The molecule has 0 heterocycles. The maximum atomic E-state index is 10.6. The number of allylic oxidation sites excluding steroid dienone is 2. The van der Waals surface area contributed by atoms with E-state index >= 15 is 0 Å². The van der Waals surface area contributed by atoms with E-state index < -0.39 is 5.97 Å². The highest BCUT2D eigenvalue weighted by molar-refractivity contribution is 5.89. The van der Waals surface area contributed by atoms with Crippen LogP contribution in [0.1, 0.15) is 19.3 Å². The molecule has 2 heteroatoms. The average Bonchev–Trinajstić information content (AvgIpc) is 2.43. The van der Waals surface area contributed by atoms with E-state index in [0.29, 0.717) is 11.5 Å². The van der Waals surface area contributed by atoms with Gasteiger partial charge in [0, 0.05) is 5.57 Å². The summed E-state index contributed by atoms with van der Waals surface area (Å²) in [5.74, 6) is -0.272. The van der Waals surface area contributed by atoms with E-state index in [1.54, 1.807) is 0 Å². The second kappa shape index (κ2) is 1.97. The van der Waals surface area contributed by atoms with Crippen LogP contribution < -0.4 is 0 Å². The minimum Gasteiger partial charge on any atom is -0.478 e. The number of hydrogen-bond donors (Lipinski definition) is 1. The molecule has 0 aliphatic heterocycles. The van der Waals surface area contributed by atoms with Gasteiger partial charge < -0.3 is 5.11 Å². The molecule has 2 nitrogen and oxygen atoms in total. The van der Waals surface area contributed by atoms with Crippen LogP contribution in [0, 0.1) is 5.92 Å². The van der Waals surface area contributed by atoms with Crippen molar-refractivity contribution in [1.82, 2.24) is 0 Å². The number of aliphatic carboxylic acids is 1. The molecule has 2 rings (SSSR count). The monoisotopic (exact) mass is 150 g/mol. The topological polar surface area (TPSA) is 37.3 Å². The van der Waals surface area contributed by atoms with Crippen molar-refractivity contribution in [2.75, 3.05) is 0 Å². The van der Waals surface area contributed by atoms with Gasteiger partial charge in [0.2, 0.25) is 0 Å². The maximum absolute atomic E-state index is 10.6. The highest BCUT2D eigenvalue weighted by atomic mass is 16.4. The molecule has 0 amide bonds. The van der Waals surface area contributed by atoms with E-state index in [0.717, 1.165) is 24.8 Å². The molecule has 1 saturated carbocycles. The molecule has 0 saturated heterocycles. The first-order valence-electron chi connectivity index (χ1n) is 3.80. The minimum absolute atomic E-state index is 0.455. The second-order valence-electron chi connectivity index (χ2n) is 3.33. The number of hydrogen-bond acceptors (Lipinski definition) is 1. The molecule has 1 fully saturated rings. The first kappa shape index (κ1) is 6.65. The Morgan fingerprint density at radius 1 is 1.55 bits per heavy atom. The molecule has 58 valence electrons. The molecule has 2 aliphatic rings. The molecule has 0 aromatic carbocycles. The van der Waals surface area contributed by atoms with Crippen LogP contribution in [-0.4, -0.2) is 11.1 Å². The average molecular weight is 150 g/mol. The van der Waals surface area contributed by atoms with E-state index in [9.17, 15) is 4.79 Å². The molecule has 1 N–H and O–H groups in total. The van der Waals surface area contributed by atoms with Crippen LogP contribution in [0.3, 0.4) is 0 Å². The van der Waals surface area contributed by atoms with Crippen molar-refractivity contribution < 1.29 is 9.90 Å². The smallest absolute Gasteiger partial charge is 0.331 e. The molecule has 0 aromatic rings. The third-order valence-corrected chi connectivity index (χ3v) is 2.65. The number of rotatable bonds is 1. The highest BCUT2D eigenvalue weighted by Gasteiger charge is 2.35. The second-order valence-corrected chi connectivity index (χ2v) is 3.33. The summed E-state index contributed by atoms with van der Waals surface area (Å²) in [5.41, 5.74) is 3.00. The molecule has 0 spiro atoms. The summed E-state index contributed by atoms with van der Waals surface area (Å²) in [4.78, 5) is 10.6. The Morgan fingerprint density at radius 2 is 2.27 bits per heavy atom. The van der Waals surface area contributed by atoms with Gasteiger partial charge >= 0.3 is 5.97 Å². The molecular formula is C9H10O2. The minimum atomic E-state index is -0.727. The summed E-state index contributed by atoms with van der Waals surface area (Å²) < 4.78 is 0. The molecular weight excluding hydrogens is 140 g/mol. The fourth-order valence-corrected chi connectivity index (χ4v) is 2.01. The quantitative estimate of drug-likeness (QED) is 0.578. The molecule has 0 aromatic heterocycles. The summed E-state index contributed by atoms with van der Waals surface area (Å²) in [6.45, 7) is 3.90. The normalized spacial score (nSPS) is 28.4. The van der Waals surface area contributed by atoms with Crippen LogP contribution in [0.5, 0.6) is 0 Å². The van der Waals surface area contributed by atoms with Gasteiger partial charge in [-0.05, 0) is 25.2 Å². The van der Waals surface area contributed by atoms with Crippen molar-refractivity contribution in [2.24, 2.45) is 5.92 Å². The Morgan fingerprint density at radius 3 is 2.64 bits per heavy atom. The summed E-state index contributed by atoms with van der Waals surface area (Å²) in [5, 5.41) is 8.73. The van der Waals surface area contributed by atoms with Gasteiger partial charge in [-0.1, -0.05) is 17.7 Å². The maximum Gasteiger partial charge on any atom is 0.331 e. The zero-order valence-electron chi connectivity index (χ0n) is 6.26. The van der Waals surface area contributed by atoms with E-state index in [1.807, 2.05) is 0 Å². The van der Waals surface area contributed by atoms with Crippen LogP contribution in [-0.2, 0) is 4.79 Å². The number of fused-ring (bicyclic) bond motifs is 2. The van der Waals surface area contributed by atoms with Crippen molar-refractivity contribution in [3.8, 4) is 0 Å². The van der Waals surface area contributed by atoms with E-state index in [2.05, 4.69) is 6.58 Å². The van der Waals surface area contributed by atoms with Gasteiger partial charge in [0.1, 0.15) is 0 Å². The van der Waals surface area contributed by atoms with E-state index in [-0.39, 0.29) is 0 Å². The molecule has 1 atom stereocenters. The Labute approximate surface area is 65.2 Å². The van der Waals surface area contributed by atoms with Gasteiger partial charge in [-0.15, -0.1) is 0 Å². The summed E-state index contributed by atoms with van der Waals surface area (Å²) in [6.07, 6.45) is 2.52. The van der Waals surface area contributed by atoms with Gasteiger partial charge in [0.05, 0.1) is 0 Å². The SMILES string of the molecule is C=C1CC2=C(C(=O)O)CC1C2. The van der Waals surface area contributed by atoms with Crippen LogP contribution in [0.15, 0.2) is 23.3 Å². The van der Waals surface area contributed by atoms with Gasteiger partial charge in [0.25, 0.3) is 0 Å². The molecule has 0 radical (unpaired) electrons.